The molecular weight excluding hydrogens is 579 g/mol. The number of carbonyl (C=O) groups is 1. The van der Waals surface area contributed by atoms with Crippen LogP contribution in [0.4, 0.5) is 0 Å². The molecule has 0 bridgehead atoms. The summed E-state index contributed by atoms with van der Waals surface area (Å²) in [5, 5.41) is 18.5. The molecule has 0 saturated carbocycles. The highest BCUT2D eigenvalue weighted by Gasteiger charge is 2.36. The lowest BCUT2D eigenvalue weighted by Crippen LogP contribution is -2.35. The van der Waals surface area contributed by atoms with Gasteiger partial charge in [0.2, 0.25) is 5.17 Å². The van der Waals surface area contributed by atoms with Gasteiger partial charge >= 0.3 is 0 Å². The molecule has 0 unspecified atom stereocenters. The first kappa shape index (κ1) is 27.1. The Labute approximate surface area is 250 Å². The number of nitrogens with one attached hydrogen (secondary N) is 1. The van der Waals surface area contributed by atoms with Crippen molar-refractivity contribution in [2.75, 3.05) is 6.61 Å². The van der Waals surface area contributed by atoms with E-state index in [-0.39, 0.29) is 11.4 Å². The van der Waals surface area contributed by atoms with E-state index < -0.39 is 5.91 Å². The van der Waals surface area contributed by atoms with Crippen molar-refractivity contribution >= 4 is 73.8 Å². The largest absolute Gasteiger partial charge is 0.490 e. The molecule has 4 aromatic rings. The van der Waals surface area contributed by atoms with E-state index in [0.717, 1.165) is 16.3 Å². The number of aliphatic imine (C=N–C) groups is 1. The zero-order valence-corrected chi connectivity index (χ0v) is 24.1. The highest BCUT2D eigenvalue weighted by Crippen LogP contribution is 2.39. The van der Waals surface area contributed by atoms with Gasteiger partial charge in [0.05, 0.1) is 22.2 Å². The fourth-order valence-electron chi connectivity index (χ4n) is 4.54. The molecular formula is C31H22Cl2N4O3S. The van der Waals surface area contributed by atoms with E-state index in [0.29, 0.717) is 56.1 Å². The smallest absolute Gasteiger partial charge is 0.283 e. The molecule has 10 heteroatoms. The third kappa shape index (κ3) is 5.34. The van der Waals surface area contributed by atoms with Crippen LogP contribution in [-0.2, 0) is 11.4 Å². The van der Waals surface area contributed by atoms with Crippen molar-refractivity contribution in [2.24, 2.45) is 10.1 Å². The number of ether oxygens (including phenoxy) is 2. The second-order valence-corrected chi connectivity index (χ2v) is 10.9. The van der Waals surface area contributed by atoms with Crippen LogP contribution in [0.1, 0.15) is 23.6 Å². The molecule has 0 spiro atoms. The maximum absolute atomic E-state index is 13.0. The Hall–Kier alpha value is -4.11. The summed E-state index contributed by atoms with van der Waals surface area (Å²) in [6.45, 7) is 2.54. The van der Waals surface area contributed by atoms with E-state index >= 15 is 0 Å². The van der Waals surface area contributed by atoms with E-state index in [1.54, 1.807) is 24.3 Å². The quantitative estimate of drug-likeness (QED) is 0.219. The summed E-state index contributed by atoms with van der Waals surface area (Å²) >= 11 is 14.2. The standard InChI is InChI=1S/C31H22Cl2N4O3S/c1-2-39-26-16-18(15-25(33)27(26)40-17-20-10-7-9-19-8-3-4-11-21(19)20)14-23-28(34)37-31(35-29(23)38)41-30(36-37)22-12-5-6-13-24(22)32/h3-16,34H,2,17H2,1H3/b23-14-,34-28?. The van der Waals surface area contributed by atoms with Gasteiger partial charge in [0.1, 0.15) is 11.7 Å². The number of halogens is 2. The highest BCUT2D eigenvalue weighted by atomic mass is 35.5. The van der Waals surface area contributed by atoms with Crippen molar-refractivity contribution in [1.29, 1.82) is 5.41 Å². The van der Waals surface area contributed by atoms with Gasteiger partial charge < -0.3 is 9.47 Å². The van der Waals surface area contributed by atoms with E-state index in [1.807, 2.05) is 49.4 Å². The first-order chi connectivity index (χ1) is 19.9. The van der Waals surface area contributed by atoms with Gasteiger partial charge in [-0.3, -0.25) is 10.2 Å². The molecule has 1 N–H and O–H groups in total. The second-order valence-electron chi connectivity index (χ2n) is 9.09. The summed E-state index contributed by atoms with van der Waals surface area (Å²) in [4.78, 5) is 17.2. The minimum Gasteiger partial charge on any atom is -0.490 e. The predicted octanol–water partition coefficient (Wildman–Crippen LogP) is 7.79. The van der Waals surface area contributed by atoms with Gasteiger partial charge in [-0.15, -0.1) is 0 Å². The minimum atomic E-state index is -0.547. The summed E-state index contributed by atoms with van der Waals surface area (Å²) in [6, 6.07) is 24.8. The maximum atomic E-state index is 13.0. The van der Waals surface area contributed by atoms with E-state index in [9.17, 15) is 4.79 Å². The molecule has 41 heavy (non-hydrogen) atoms. The maximum Gasteiger partial charge on any atom is 0.283 e. The minimum absolute atomic E-state index is 0.0708. The number of thioether (sulfide) groups is 1. The SMILES string of the molecule is CCOc1cc(/C=C2/C(=N)N3N=C(c4ccccc4Cl)SC3=NC2=O)cc(Cl)c1OCc1cccc2ccccc12. The zero-order chi connectivity index (χ0) is 28.5. The molecule has 1 amide bonds. The van der Waals surface area contributed by atoms with Crippen LogP contribution in [0.5, 0.6) is 11.5 Å². The van der Waals surface area contributed by atoms with Gasteiger partial charge in [0.25, 0.3) is 5.91 Å². The van der Waals surface area contributed by atoms with Crippen LogP contribution in [0.3, 0.4) is 0 Å². The number of hydrogen-bond donors (Lipinski definition) is 1. The van der Waals surface area contributed by atoms with Gasteiger partial charge in [0, 0.05) is 5.56 Å². The number of carbonyl (C=O) groups excluding carboxylic acids is 1. The summed E-state index contributed by atoms with van der Waals surface area (Å²) in [5.74, 6) is 0.190. The molecule has 2 aliphatic heterocycles. The average Bonchev–Trinajstić information content (AvgIpc) is 3.39. The molecule has 0 aromatic heterocycles. The predicted molar refractivity (Wildman–Crippen MR) is 166 cm³/mol. The van der Waals surface area contributed by atoms with Crippen molar-refractivity contribution < 1.29 is 14.3 Å². The molecule has 7 nitrogen and oxygen atoms in total. The Morgan fingerprint density at radius 3 is 2.59 bits per heavy atom. The number of rotatable bonds is 7. The van der Waals surface area contributed by atoms with Gasteiger partial charge in [-0.2, -0.15) is 15.1 Å². The van der Waals surface area contributed by atoms with Crippen molar-refractivity contribution in [1.82, 2.24) is 5.01 Å². The third-order valence-corrected chi connectivity index (χ3v) is 8.01. The van der Waals surface area contributed by atoms with Crippen molar-refractivity contribution in [3.8, 4) is 11.5 Å². The number of amidine groups is 2. The fourth-order valence-corrected chi connectivity index (χ4v) is 6.03. The van der Waals surface area contributed by atoms with Crippen LogP contribution in [0.15, 0.2) is 94.5 Å². The normalized spacial score (nSPS) is 15.7. The fraction of sp³-hybridized carbons (Fsp3) is 0.0968. The Kier molecular flexibility index (Phi) is 7.53. The molecule has 0 atom stereocenters. The van der Waals surface area contributed by atoms with E-state index in [1.165, 1.54) is 16.8 Å². The number of nitrogens with zero attached hydrogens (tertiary/aromatic N) is 3. The summed E-state index contributed by atoms with van der Waals surface area (Å²) < 4.78 is 12.0. The van der Waals surface area contributed by atoms with Gasteiger partial charge in [-0.25, -0.2) is 0 Å². The van der Waals surface area contributed by atoms with Crippen molar-refractivity contribution in [3.63, 3.8) is 0 Å². The number of amides is 1. The molecule has 0 fully saturated rings. The van der Waals surface area contributed by atoms with Crippen LogP contribution in [0.25, 0.3) is 16.8 Å². The van der Waals surface area contributed by atoms with Gasteiger partial charge in [0.15, 0.2) is 17.3 Å². The molecule has 0 aliphatic carbocycles. The lowest BCUT2D eigenvalue weighted by atomic mass is 10.1. The molecule has 204 valence electrons. The van der Waals surface area contributed by atoms with E-state index in [4.69, 9.17) is 38.1 Å². The third-order valence-electron chi connectivity index (χ3n) is 6.45. The lowest BCUT2D eigenvalue weighted by Gasteiger charge is -2.20. The van der Waals surface area contributed by atoms with Gasteiger partial charge in [-0.1, -0.05) is 83.9 Å². The van der Waals surface area contributed by atoms with Crippen molar-refractivity contribution in [3.05, 3.63) is 111 Å². The lowest BCUT2D eigenvalue weighted by molar-refractivity contribution is -0.114. The monoisotopic (exact) mass is 600 g/mol. The molecule has 6 rings (SSSR count). The summed E-state index contributed by atoms with van der Waals surface area (Å²) in [7, 11) is 0. The van der Waals surface area contributed by atoms with Crippen LogP contribution in [-0.4, -0.2) is 33.6 Å². The average molecular weight is 602 g/mol. The number of hydrazone groups is 1. The Balaban J connectivity index is 1.29. The molecule has 0 saturated heterocycles. The van der Waals surface area contributed by atoms with Crippen molar-refractivity contribution in [2.45, 2.75) is 13.5 Å². The Bertz CT molecular complexity index is 1810. The second kappa shape index (κ2) is 11.4. The van der Waals surface area contributed by atoms with Gasteiger partial charge in [-0.05, 0) is 64.9 Å². The number of benzene rings is 4. The zero-order valence-electron chi connectivity index (χ0n) is 21.7. The molecule has 4 aromatic carbocycles. The first-order valence-corrected chi connectivity index (χ1v) is 14.3. The highest BCUT2D eigenvalue weighted by molar-refractivity contribution is 8.27. The first-order valence-electron chi connectivity index (χ1n) is 12.7. The van der Waals surface area contributed by atoms with Crippen LogP contribution >= 0.6 is 35.0 Å². The Morgan fingerprint density at radius 1 is 0.976 bits per heavy atom. The number of fused-ring (bicyclic) bond motifs is 2. The summed E-state index contributed by atoms with van der Waals surface area (Å²) in [6.07, 6.45) is 1.56. The summed E-state index contributed by atoms with van der Waals surface area (Å²) in [5.41, 5.74) is 2.35. The topological polar surface area (TPSA) is 87.3 Å². The molecule has 0 radical (unpaired) electrons. The van der Waals surface area contributed by atoms with Crippen LogP contribution in [0, 0.1) is 5.41 Å². The Morgan fingerprint density at radius 2 is 1.76 bits per heavy atom. The number of hydrogen-bond acceptors (Lipinski definition) is 6. The van der Waals surface area contributed by atoms with Crippen LogP contribution in [0.2, 0.25) is 10.0 Å². The van der Waals surface area contributed by atoms with E-state index in [2.05, 4.69) is 28.3 Å². The molecule has 2 aliphatic rings. The molecule has 2 heterocycles. The van der Waals surface area contributed by atoms with Crippen LogP contribution < -0.4 is 9.47 Å².